The fourth-order valence-electron chi connectivity index (χ4n) is 1.13. The maximum atomic E-state index is 5.29. The number of hydrogen-bond acceptors (Lipinski definition) is 2. The van der Waals surface area contributed by atoms with Crippen LogP contribution in [0, 0.1) is 0 Å². The van der Waals surface area contributed by atoms with Crippen molar-refractivity contribution in [3.8, 4) is 0 Å². The fraction of sp³-hybridized carbons (Fsp3) is 0.750. The van der Waals surface area contributed by atoms with Gasteiger partial charge in [-0.15, -0.1) is 0 Å². The van der Waals surface area contributed by atoms with Crippen LogP contribution in [0.15, 0.2) is 11.8 Å². The quantitative estimate of drug-likeness (QED) is 0.643. The van der Waals surface area contributed by atoms with Gasteiger partial charge >= 0.3 is 0 Å². The summed E-state index contributed by atoms with van der Waals surface area (Å²) in [5.41, 5.74) is 2.92. The van der Waals surface area contributed by atoms with Crippen molar-refractivity contribution in [3.05, 3.63) is 11.8 Å². The first kappa shape index (κ1) is 8.81. The van der Waals surface area contributed by atoms with E-state index >= 15 is 0 Å². The first-order chi connectivity index (χ1) is 4.97. The lowest BCUT2D eigenvalue weighted by molar-refractivity contribution is 0.121. The van der Waals surface area contributed by atoms with Gasteiger partial charge in [0.2, 0.25) is 0 Å². The average Bonchev–Trinajstić information content (AvgIpc) is 2.10. The van der Waals surface area contributed by atoms with Crippen LogP contribution in [0.3, 0.4) is 0 Å². The number of nitrogens with one attached hydrogen (secondary N) is 1. The van der Waals surface area contributed by atoms with Crippen molar-refractivity contribution < 1.29 is 4.84 Å². The molecule has 0 saturated heterocycles. The third-order valence-electron chi connectivity index (χ3n) is 1.52. The van der Waals surface area contributed by atoms with E-state index < -0.39 is 8.07 Å². The summed E-state index contributed by atoms with van der Waals surface area (Å²) in [5.74, 6) is 1.14. The molecule has 11 heavy (non-hydrogen) atoms. The third-order valence-corrected chi connectivity index (χ3v) is 2.93. The van der Waals surface area contributed by atoms with Crippen molar-refractivity contribution in [2.75, 3.05) is 0 Å². The van der Waals surface area contributed by atoms with Gasteiger partial charge in [-0.1, -0.05) is 19.6 Å². The molecule has 1 aliphatic rings. The van der Waals surface area contributed by atoms with Crippen LogP contribution in [-0.2, 0) is 4.84 Å². The Morgan fingerprint density at radius 2 is 2.18 bits per heavy atom. The zero-order valence-electron chi connectivity index (χ0n) is 7.77. The molecule has 1 atom stereocenters. The summed E-state index contributed by atoms with van der Waals surface area (Å²) >= 11 is 0. The molecule has 0 aromatic heterocycles. The Morgan fingerprint density at radius 3 is 2.55 bits per heavy atom. The molecule has 1 rings (SSSR count). The predicted octanol–water partition coefficient (Wildman–Crippen LogP) is 2.13. The molecule has 0 bridgehead atoms. The standard InChI is InChI=1S/C8H17NOSi/c1-7-5-8(10-9-7)6-11(2,3)4/h5,7,9H,6H2,1-4H3. The summed E-state index contributed by atoms with van der Waals surface area (Å²) < 4.78 is 0. The van der Waals surface area contributed by atoms with E-state index in [0.29, 0.717) is 6.04 Å². The summed E-state index contributed by atoms with van der Waals surface area (Å²) in [6, 6.07) is 1.53. The minimum absolute atomic E-state index is 0.390. The summed E-state index contributed by atoms with van der Waals surface area (Å²) in [6.07, 6.45) is 2.16. The number of hydrogen-bond donors (Lipinski definition) is 1. The highest BCUT2D eigenvalue weighted by atomic mass is 28.3. The van der Waals surface area contributed by atoms with Crippen molar-refractivity contribution in [1.29, 1.82) is 0 Å². The van der Waals surface area contributed by atoms with E-state index in [1.165, 1.54) is 0 Å². The van der Waals surface area contributed by atoms with Crippen LogP contribution in [0.4, 0.5) is 0 Å². The SMILES string of the molecule is CC1C=C(C[Si](C)(C)C)ON1. The second-order valence-electron chi connectivity index (χ2n) is 4.38. The molecule has 1 unspecified atom stereocenters. The summed E-state index contributed by atoms with van der Waals surface area (Å²) in [4.78, 5) is 5.29. The first-order valence-corrected chi connectivity index (χ1v) is 7.81. The van der Waals surface area contributed by atoms with E-state index in [2.05, 4.69) is 38.1 Å². The minimum Gasteiger partial charge on any atom is -0.413 e. The molecule has 1 heterocycles. The molecule has 1 aliphatic heterocycles. The molecule has 0 amide bonds. The smallest absolute Gasteiger partial charge is 0.119 e. The van der Waals surface area contributed by atoms with Crippen molar-refractivity contribution in [1.82, 2.24) is 5.48 Å². The first-order valence-electron chi connectivity index (χ1n) is 4.10. The van der Waals surface area contributed by atoms with Crippen molar-refractivity contribution in [3.63, 3.8) is 0 Å². The van der Waals surface area contributed by atoms with E-state index in [9.17, 15) is 0 Å². The molecule has 64 valence electrons. The van der Waals surface area contributed by atoms with Crippen molar-refractivity contribution in [2.45, 2.75) is 38.7 Å². The van der Waals surface area contributed by atoms with Gasteiger partial charge in [-0.25, -0.2) is 0 Å². The summed E-state index contributed by atoms with van der Waals surface area (Å²) in [7, 11) is -0.985. The highest BCUT2D eigenvalue weighted by molar-refractivity contribution is 6.76. The van der Waals surface area contributed by atoms with Crippen LogP contribution in [0.2, 0.25) is 25.7 Å². The van der Waals surface area contributed by atoms with Gasteiger partial charge in [0.05, 0.1) is 14.1 Å². The topological polar surface area (TPSA) is 21.3 Å². The third kappa shape index (κ3) is 3.08. The lowest BCUT2D eigenvalue weighted by atomic mass is 10.3. The molecule has 0 aromatic carbocycles. The number of rotatable bonds is 2. The zero-order chi connectivity index (χ0) is 8.48. The van der Waals surface area contributed by atoms with Crippen LogP contribution >= 0.6 is 0 Å². The maximum absolute atomic E-state index is 5.29. The Morgan fingerprint density at radius 1 is 1.55 bits per heavy atom. The van der Waals surface area contributed by atoms with E-state index in [1.54, 1.807) is 0 Å². The van der Waals surface area contributed by atoms with Crippen LogP contribution < -0.4 is 5.48 Å². The largest absolute Gasteiger partial charge is 0.413 e. The number of hydroxylamine groups is 1. The molecule has 2 nitrogen and oxygen atoms in total. The lowest BCUT2D eigenvalue weighted by Crippen LogP contribution is -2.21. The highest BCUT2D eigenvalue weighted by Gasteiger charge is 2.20. The van der Waals surface area contributed by atoms with Crippen molar-refractivity contribution in [2.24, 2.45) is 0 Å². The van der Waals surface area contributed by atoms with Gasteiger partial charge in [-0.2, -0.15) is 5.48 Å². The fourth-order valence-corrected chi connectivity index (χ4v) is 2.37. The second-order valence-corrected chi connectivity index (χ2v) is 9.85. The van der Waals surface area contributed by atoms with Gasteiger partial charge in [-0.3, -0.25) is 0 Å². The lowest BCUT2D eigenvalue weighted by Gasteiger charge is -2.15. The molecule has 0 fully saturated rings. The predicted molar refractivity (Wildman–Crippen MR) is 49.9 cm³/mol. The Balaban J connectivity index is 2.45. The molecule has 0 aliphatic carbocycles. The monoisotopic (exact) mass is 171 g/mol. The summed E-state index contributed by atoms with van der Waals surface area (Å²) in [5, 5.41) is 0. The molecular weight excluding hydrogens is 154 g/mol. The van der Waals surface area contributed by atoms with Crippen LogP contribution in [-0.4, -0.2) is 14.1 Å². The molecular formula is C8H17NOSi. The molecule has 1 N–H and O–H groups in total. The molecule has 0 saturated carbocycles. The van der Waals surface area contributed by atoms with Crippen LogP contribution in [0.1, 0.15) is 6.92 Å². The van der Waals surface area contributed by atoms with E-state index in [0.717, 1.165) is 11.8 Å². The Hall–Kier alpha value is -0.283. The van der Waals surface area contributed by atoms with Gasteiger partial charge < -0.3 is 4.84 Å². The molecule has 0 radical (unpaired) electrons. The van der Waals surface area contributed by atoms with Crippen LogP contribution in [0.25, 0.3) is 0 Å². The minimum atomic E-state index is -0.985. The zero-order valence-corrected chi connectivity index (χ0v) is 8.77. The Kier molecular flexibility index (Phi) is 2.39. The van der Waals surface area contributed by atoms with Gasteiger partial charge in [0.15, 0.2) is 0 Å². The van der Waals surface area contributed by atoms with E-state index in [-0.39, 0.29) is 0 Å². The van der Waals surface area contributed by atoms with Gasteiger partial charge in [0, 0.05) is 6.04 Å². The van der Waals surface area contributed by atoms with Gasteiger partial charge in [-0.05, 0) is 13.0 Å². The highest BCUT2D eigenvalue weighted by Crippen LogP contribution is 2.19. The van der Waals surface area contributed by atoms with E-state index in [4.69, 9.17) is 4.84 Å². The summed E-state index contributed by atoms with van der Waals surface area (Å²) in [6.45, 7) is 9.14. The van der Waals surface area contributed by atoms with Crippen molar-refractivity contribution >= 4 is 8.07 Å². The van der Waals surface area contributed by atoms with Gasteiger partial charge in [0.25, 0.3) is 0 Å². The molecule has 0 spiro atoms. The Bertz CT molecular complexity index is 171. The average molecular weight is 171 g/mol. The van der Waals surface area contributed by atoms with Gasteiger partial charge in [0.1, 0.15) is 5.76 Å². The maximum Gasteiger partial charge on any atom is 0.119 e. The molecule has 3 heteroatoms. The van der Waals surface area contributed by atoms with Crippen LogP contribution in [0.5, 0.6) is 0 Å². The number of allylic oxidation sites excluding steroid dienone is 1. The second kappa shape index (κ2) is 2.99. The molecule has 0 aromatic rings. The Labute approximate surface area is 69.6 Å². The van der Waals surface area contributed by atoms with E-state index in [1.807, 2.05) is 0 Å². The normalized spacial score (nSPS) is 24.7.